The number of rotatable bonds is 5. The topological polar surface area (TPSA) is 52.1 Å². The Balaban J connectivity index is 1.97. The van der Waals surface area contributed by atoms with Crippen molar-refractivity contribution in [2.24, 2.45) is 0 Å². The molecule has 1 aromatic heterocycles. The Labute approximate surface area is 124 Å². The number of carbonyl (C=O) groups excluding carboxylic acids is 1. The van der Waals surface area contributed by atoms with Crippen LogP contribution in [0.4, 0.5) is 0 Å². The van der Waals surface area contributed by atoms with Crippen molar-refractivity contribution in [2.75, 3.05) is 6.61 Å². The van der Waals surface area contributed by atoms with Gasteiger partial charge in [-0.25, -0.2) is 4.79 Å². The normalized spacial score (nSPS) is 10.4. The highest BCUT2D eigenvalue weighted by Gasteiger charge is 2.14. The molecule has 0 unspecified atom stereocenters. The molecule has 0 spiro atoms. The first-order valence-electron chi connectivity index (χ1n) is 5.57. The van der Waals surface area contributed by atoms with E-state index in [9.17, 15) is 4.79 Å². The highest BCUT2D eigenvalue weighted by Crippen LogP contribution is 2.28. The lowest BCUT2D eigenvalue weighted by atomic mass is 10.2. The van der Waals surface area contributed by atoms with Gasteiger partial charge < -0.3 is 4.74 Å². The van der Waals surface area contributed by atoms with E-state index in [1.54, 1.807) is 6.92 Å². The standard InChI is InChI=1S/C12H11ClN2O2S2/c1-2-17-11(16)10-14-15-12(19-10)18-7-8-5-3-4-6-9(8)13/h3-6H,2,7H2,1H3. The van der Waals surface area contributed by atoms with Crippen LogP contribution in [0.5, 0.6) is 0 Å². The lowest BCUT2D eigenvalue weighted by molar-refractivity contribution is 0.0525. The molecule has 7 heteroatoms. The van der Waals surface area contributed by atoms with Crippen molar-refractivity contribution in [3.8, 4) is 0 Å². The van der Waals surface area contributed by atoms with E-state index in [0.717, 1.165) is 14.9 Å². The minimum Gasteiger partial charge on any atom is -0.461 e. The smallest absolute Gasteiger partial charge is 0.369 e. The fourth-order valence-corrected chi connectivity index (χ4v) is 3.33. The molecule has 0 aliphatic rings. The molecule has 0 amide bonds. The van der Waals surface area contributed by atoms with Crippen molar-refractivity contribution >= 4 is 40.7 Å². The molecule has 100 valence electrons. The largest absolute Gasteiger partial charge is 0.461 e. The van der Waals surface area contributed by atoms with Gasteiger partial charge in [-0.1, -0.05) is 52.9 Å². The van der Waals surface area contributed by atoms with Gasteiger partial charge in [-0.15, -0.1) is 10.2 Å². The van der Waals surface area contributed by atoms with Crippen molar-refractivity contribution in [3.05, 3.63) is 39.9 Å². The van der Waals surface area contributed by atoms with E-state index in [0.29, 0.717) is 12.4 Å². The Morgan fingerprint density at radius 2 is 2.21 bits per heavy atom. The van der Waals surface area contributed by atoms with E-state index >= 15 is 0 Å². The zero-order chi connectivity index (χ0) is 13.7. The molecule has 2 rings (SSSR count). The molecule has 1 aromatic carbocycles. The van der Waals surface area contributed by atoms with Crippen LogP contribution in [-0.2, 0) is 10.5 Å². The van der Waals surface area contributed by atoms with Crippen LogP contribution in [0.15, 0.2) is 28.6 Å². The summed E-state index contributed by atoms with van der Waals surface area (Å²) in [5.41, 5.74) is 1.03. The Kier molecular flexibility index (Phi) is 5.18. The van der Waals surface area contributed by atoms with E-state index in [2.05, 4.69) is 10.2 Å². The molecule has 19 heavy (non-hydrogen) atoms. The number of benzene rings is 1. The fraction of sp³-hybridized carbons (Fsp3) is 0.250. The number of aromatic nitrogens is 2. The molecule has 1 heterocycles. The average molecular weight is 315 g/mol. The van der Waals surface area contributed by atoms with Gasteiger partial charge in [-0.05, 0) is 18.6 Å². The Morgan fingerprint density at radius 1 is 1.42 bits per heavy atom. The van der Waals surface area contributed by atoms with Gasteiger partial charge in [0.2, 0.25) is 5.01 Å². The summed E-state index contributed by atoms with van der Waals surface area (Å²) in [7, 11) is 0. The van der Waals surface area contributed by atoms with Crippen molar-refractivity contribution in [3.63, 3.8) is 0 Å². The molecule has 4 nitrogen and oxygen atoms in total. The third-order valence-electron chi connectivity index (χ3n) is 2.17. The quantitative estimate of drug-likeness (QED) is 0.622. The van der Waals surface area contributed by atoms with E-state index in [1.807, 2.05) is 24.3 Å². The number of hydrogen-bond acceptors (Lipinski definition) is 6. The molecule has 0 saturated carbocycles. The number of thioether (sulfide) groups is 1. The van der Waals surface area contributed by atoms with Crippen molar-refractivity contribution in [1.82, 2.24) is 10.2 Å². The van der Waals surface area contributed by atoms with E-state index in [4.69, 9.17) is 16.3 Å². The highest BCUT2D eigenvalue weighted by atomic mass is 35.5. The Hall–Kier alpha value is -1.11. The minimum absolute atomic E-state index is 0.281. The van der Waals surface area contributed by atoms with Crippen LogP contribution in [0.2, 0.25) is 5.02 Å². The fourth-order valence-electron chi connectivity index (χ4n) is 1.30. The summed E-state index contributed by atoms with van der Waals surface area (Å²) < 4.78 is 5.59. The lowest BCUT2D eigenvalue weighted by Crippen LogP contribution is -2.03. The second-order valence-corrected chi connectivity index (χ2v) is 6.08. The molecule has 0 bridgehead atoms. The second-order valence-electron chi connectivity index (χ2n) is 3.47. The van der Waals surface area contributed by atoms with Gasteiger partial charge in [0, 0.05) is 10.8 Å². The Morgan fingerprint density at radius 3 is 2.95 bits per heavy atom. The maximum atomic E-state index is 11.4. The summed E-state index contributed by atoms with van der Waals surface area (Å²) in [4.78, 5) is 11.4. The first kappa shape index (κ1) is 14.3. The lowest BCUT2D eigenvalue weighted by Gasteiger charge is -2.00. The summed E-state index contributed by atoms with van der Waals surface area (Å²) in [6, 6.07) is 7.64. The average Bonchev–Trinajstić information content (AvgIpc) is 2.87. The predicted octanol–water partition coefficient (Wildman–Crippen LogP) is 3.66. The minimum atomic E-state index is -0.426. The summed E-state index contributed by atoms with van der Waals surface area (Å²) in [6.45, 7) is 2.09. The molecular formula is C12H11ClN2O2S2. The number of carbonyl (C=O) groups is 1. The van der Waals surface area contributed by atoms with Crippen LogP contribution in [0, 0.1) is 0 Å². The van der Waals surface area contributed by atoms with Gasteiger partial charge in [0.25, 0.3) is 0 Å². The number of hydrogen-bond donors (Lipinski definition) is 0. The first-order chi connectivity index (χ1) is 9.20. The highest BCUT2D eigenvalue weighted by molar-refractivity contribution is 8.00. The van der Waals surface area contributed by atoms with Crippen LogP contribution in [0.25, 0.3) is 0 Å². The van der Waals surface area contributed by atoms with E-state index in [-0.39, 0.29) is 5.01 Å². The van der Waals surface area contributed by atoms with Crippen LogP contribution in [0.1, 0.15) is 22.3 Å². The summed E-state index contributed by atoms with van der Waals surface area (Å²) >= 11 is 8.79. The van der Waals surface area contributed by atoms with Gasteiger partial charge in [0.05, 0.1) is 6.61 Å². The number of halogens is 1. The number of ether oxygens (including phenoxy) is 1. The molecular weight excluding hydrogens is 304 g/mol. The maximum absolute atomic E-state index is 11.4. The molecule has 0 atom stereocenters. The van der Waals surface area contributed by atoms with Crippen LogP contribution in [-0.4, -0.2) is 22.8 Å². The molecule has 0 saturated heterocycles. The van der Waals surface area contributed by atoms with Gasteiger partial charge in [-0.2, -0.15) is 0 Å². The molecule has 0 fully saturated rings. The molecule has 0 radical (unpaired) electrons. The Bertz CT molecular complexity index is 574. The molecule has 0 aliphatic carbocycles. The summed E-state index contributed by atoms with van der Waals surface area (Å²) in [6.07, 6.45) is 0. The monoisotopic (exact) mass is 314 g/mol. The molecule has 2 aromatic rings. The maximum Gasteiger partial charge on any atom is 0.369 e. The van der Waals surface area contributed by atoms with E-state index < -0.39 is 5.97 Å². The zero-order valence-corrected chi connectivity index (χ0v) is 12.5. The van der Waals surface area contributed by atoms with Crippen molar-refractivity contribution in [1.29, 1.82) is 0 Å². The number of esters is 1. The number of nitrogens with zero attached hydrogens (tertiary/aromatic N) is 2. The molecule has 0 N–H and O–H groups in total. The predicted molar refractivity (Wildman–Crippen MR) is 76.9 cm³/mol. The third kappa shape index (κ3) is 3.92. The first-order valence-corrected chi connectivity index (χ1v) is 7.75. The van der Waals surface area contributed by atoms with Crippen molar-refractivity contribution in [2.45, 2.75) is 17.0 Å². The zero-order valence-electron chi connectivity index (χ0n) is 10.1. The van der Waals surface area contributed by atoms with Crippen LogP contribution in [0.3, 0.4) is 0 Å². The van der Waals surface area contributed by atoms with E-state index in [1.165, 1.54) is 23.1 Å². The van der Waals surface area contributed by atoms with Gasteiger partial charge in [0.15, 0.2) is 4.34 Å². The second kappa shape index (κ2) is 6.88. The van der Waals surface area contributed by atoms with Gasteiger partial charge in [-0.3, -0.25) is 0 Å². The summed E-state index contributed by atoms with van der Waals surface area (Å²) in [5, 5.41) is 8.77. The van der Waals surface area contributed by atoms with Crippen LogP contribution < -0.4 is 0 Å². The molecule has 0 aliphatic heterocycles. The SMILES string of the molecule is CCOC(=O)c1nnc(SCc2ccccc2Cl)s1. The third-order valence-corrected chi connectivity index (χ3v) is 4.62. The summed E-state index contributed by atoms with van der Waals surface area (Å²) in [5.74, 6) is 0.265. The van der Waals surface area contributed by atoms with Gasteiger partial charge in [0.1, 0.15) is 0 Å². The van der Waals surface area contributed by atoms with Crippen molar-refractivity contribution < 1.29 is 9.53 Å². The van der Waals surface area contributed by atoms with Crippen LogP contribution >= 0.6 is 34.7 Å². The van der Waals surface area contributed by atoms with Gasteiger partial charge >= 0.3 is 5.97 Å².